The van der Waals surface area contributed by atoms with Crippen LogP contribution in [0.2, 0.25) is 0 Å². The van der Waals surface area contributed by atoms with Gasteiger partial charge in [-0.15, -0.1) is 0 Å². The molecule has 7 heteroatoms. The predicted molar refractivity (Wildman–Crippen MR) is 175 cm³/mol. The minimum atomic E-state index is -0.488. The van der Waals surface area contributed by atoms with Crippen LogP contribution in [0, 0.1) is 0 Å². The minimum Gasteiger partial charge on any atom is -0.468 e. The Balaban J connectivity index is 1.57. The molecular weight excluding hydrogens is 550 g/mol. The van der Waals surface area contributed by atoms with Gasteiger partial charge in [0.25, 0.3) is 0 Å². The average molecular weight is 592 g/mol. The van der Waals surface area contributed by atoms with E-state index in [1.807, 2.05) is 42.5 Å². The highest BCUT2D eigenvalue weighted by Gasteiger charge is 2.53. The van der Waals surface area contributed by atoms with Gasteiger partial charge in [0.05, 0.1) is 26.6 Å². The Labute approximate surface area is 260 Å². The van der Waals surface area contributed by atoms with Crippen molar-refractivity contribution in [2.45, 2.75) is 56.9 Å². The maximum Gasteiger partial charge on any atom is 0.323 e. The lowest BCUT2D eigenvalue weighted by atomic mass is 9.90. The summed E-state index contributed by atoms with van der Waals surface area (Å²) >= 11 is 0. The van der Waals surface area contributed by atoms with Crippen LogP contribution in [0.1, 0.15) is 46.2 Å². The van der Waals surface area contributed by atoms with Crippen molar-refractivity contribution < 1.29 is 19.1 Å². The van der Waals surface area contributed by atoms with Crippen molar-refractivity contribution in [1.82, 2.24) is 14.7 Å². The standard InChI is InChI=1S/C37H41N3O4/c1-6-26-9-15-29(16-10-26)23-38-32(36(41)43-4)21-35-39(24-30-17-11-27(7-2)12-18-30)33(37(42)44-5)22-34(38)40(35)25-31-19-13-28(8-3)14-20-31/h6-20,32-35H,1-3,21-25H2,4-5H3/t32-,33?,34-,35-/m1/s1. The Hall–Kier alpha value is -4.30. The smallest absolute Gasteiger partial charge is 0.323 e. The van der Waals surface area contributed by atoms with Crippen molar-refractivity contribution in [3.8, 4) is 0 Å². The summed E-state index contributed by atoms with van der Waals surface area (Å²) in [4.78, 5) is 33.7. The van der Waals surface area contributed by atoms with Gasteiger partial charge in [-0.1, -0.05) is 111 Å². The lowest BCUT2D eigenvalue weighted by Crippen LogP contribution is -2.73. The topological polar surface area (TPSA) is 62.3 Å². The highest BCUT2D eigenvalue weighted by atomic mass is 16.5. The van der Waals surface area contributed by atoms with E-state index < -0.39 is 12.1 Å². The number of rotatable bonds is 11. The van der Waals surface area contributed by atoms with Gasteiger partial charge in [0.15, 0.2) is 0 Å². The quantitative estimate of drug-likeness (QED) is 0.255. The first kappa shape index (κ1) is 31.1. The molecule has 2 fully saturated rings. The molecular formula is C37H41N3O4. The van der Waals surface area contributed by atoms with Gasteiger partial charge in [0, 0.05) is 32.5 Å². The van der Waals surface area contributed by atoms with Crippen LogP contribution < -0.4 is 0 Å². The van der Waals surface area contributed by atoms with Crippen molar-refractivity contribution in [1.29, 1.82) is 0 Å². The molecule has 0 saturated carbocycles. The fourth-order valence-electron chi connectivity index (χ4n) is 6.49. The molecule has 2 heterocycles. The van der Waals surface area contributed by atoms with E-state index in [-0.39, 0.29) is 24.3 Å². The molecule has 2 aliphatic heterocycles. The summed E-state index contributed by atoms with van der Waals surface area (Å²) in [5, 5.41) is 0. The van der Waals surface area contributed by atoms with Crippen LogP contribution in [0.15, 0.2) is 92.5 Å². The van der Waals surface area contributed by atoms with E-state index >= 15 is 0 Å². The molecule has 1 unspecified atom stereocenters. The minimum absolute atomic E-state index is 0.223. The molecule has 0 spiro atoms. The molecule has 7 nitrogen and oxygen atoms in total. The van der Waals surface area contributed by atoms with Crippen LogP contribution in [0.4, 0.5) is 0 Å². The third kappa shape index (κ3) is 6.60. The van der Waals surface area contributed by atoms with Crippen molar-refractivity contribution in [2.24, 2.45) is 0 Å². The Morgan fingerprint density at radius 1 is 0.591 bits per heavy atom. The van der Waals surface area contributed by atoms with E-state index in [0.29, 0.717) is 32.5 Å². The first-order chi connectivity index (χ1) is 21.4. The molecule has 3 aromatic carbocycles. The first-order valence-electron chi connectivity index (χ1n) is 15.0. The number of fused-ring (bicyclic) bond motifs is 2. The van der Waals surface area contributed by atoms with Gasteiger partial charge < -0.3 is 9.47 Å². The number of carbonyl (C=O) groups is 2. The summed E-state index contributed by atoms with van der Waals surface area (Å²) in [6.45, 7) is 13.3. The average Bonchev–Trinajstić information content (AvgIpc) is 3.07. The van der Waals surface area contributed by atoms with E-state index in [1.165, 1.54) is 14.2 Å². The van der Waals surface area contributed by atoms with Crippen LogP contribution in [-0.4, -0.2) is 65.3 Å². The molecule has 0 aliphatic carbocycles. The van der Waals surface area contributed by atoms with E-state index in [9.17, 15) is 9.59 Å². The lowest BCUT2D eigenvalue weighted by molar-refractivity contribution is -0.201. The molecule has 0 N–H and O–H groups in total. The number of carbonyl (C=O) groups excluding carboxylic acids is 2. The van der Waals surface area contributed by atoms with Gasteiger partial charge in [-0.3, -0.25) is 24.3 Å². The highest BCUT2D eigenvalue weighted by molar-refractivity contribution is 5.77. The second-order valence-electron chi connectivity index (χ2n) is 11.4. The van der Waals surface area contributed by atoms with Crippen molar-refractivity contribution in [2.75, 3.05) is 14.2 Å². The number of benzene rings is 3. The fraction of sp³-hybridized carbons (Fsp3) is 0.297. The molecule has 0 radical (unpaired) electrons. The van der Waals surface area contributed by atoms with Crippen molar-refractivity contribution in [3.63, 3.8) is 0 Å². The zero-order valence-electron chi connectivity index (χ0n) is 25.6. The van der Waals surface area contributed by atoms with Crippen LogP contribution in [0.25, 0.3) is 18.2 Å². The Morgan fingerprint density at radius 2 is 0.886 bits per heavy atom. The number of hydrogen-bond donors (Lipinski definition) is 0. The van der Waals surface area contributed by atoms with Crippen molar-refractivity contribution in [3.05, 3.63) is 126 Å². The summed E-state index contributed by atoms with van der Waals surface area (Å²) < 4.78 is 10.7. The van der Waals surface area contributed by atoms with Gasteiger partial charge in [-0.25, -0.2) is 0 Å². The summed E-state index contributed by atoms with van der Waals surface area (Å²) in [6, 6.07) is 23.8. The summed E-state index contributed by atoms with van der Waals surface area (Å²) in [7, 11) is 2.89. The zero-order valence-corrected chi connectivity index (χ0v) is 25.6. The summed E-state index contributed by atoms with van der Waals surface area (Å²) in [6.07, 6.45) is 5.95. The molecule has 44 heavy (non-hydrogen) atoms. The summed E-state index contributed by atoms with van der Waals surface area (Å²) in [5.41, 5.74) is 6.39. The molecule has 4 atom stereocenters. The predicted octanol–water partition coefficient (Wildman–Crippen LogP) is 5.96. The summed E-state index contributed by atoms with van der Waals surface area (Å²) in [5.74, 6) is -0.547. The number of ether oxygens (including phenoxy) is 2. The lowest BCUT2D eigenvalue weighted by Gasteiger charge is -2.59. The largest absolute Gasteiger partial charge is 0.468 e. The molecule has 0 amide bonds. The number of hydrogen-bond acceptors (Lipinski definition) is 7. The van der Waals surface area contributed by atoms with Gasteiger partial charge >= 0.3 is 11.9 Å². The van der Waals surface area contributed by atoms with Gasteiger partial charge in [0.2, 0.25) is 0 Å². The van der Waals surface area contributed by atoms with E-state index in [2.05, 4.69) is 83.0 Å². The zero-order chi connectivity index (χ0) is 31.2. The van der Waals surface area contributed by atoms with Crippen LogP contribution in [0.5, 0.6) is 0 Å². The fourth-order valence-corrected chi connectivity index (χ4v) is 6.49. The molecule has 0 aromatic heterocycles. The monoisotopic (exact) mass is 591 g/mol. The van der Waals surface area contributed by atoms with Crippen LogP contribution in [-0.2, 0) is 38.7 Å². The number of nitrogens with zero attached hydrogens (tertiary/aromatic N) is 3. The molecule has 5 rings (SSSR count). The van der Waals surface area contributed by atoms with Gasteiger partial charge in [0.1, 0.15) is 12.1 Å². The van der Waals surface area contributed by atoms with E-state index in [0.717, 1.165) is 33.4 Å². The number of methoxy groups -OCH3 is 2. The Bertz CT molecular complexity index is 1400. The molecule has 228 valence electrons. The third-order valence-electron chi connectivity index (χ3n) is 8.89. The Morgan fingerprint density at radius 3 is 1.16 bits per heavy atom. The molecule has 2 bridgehead atoms. The van der Waals surface area contributed by atoms with E-state index in [1.54, 1.807) is 0 Å². The highest BCUT2D eigenvalue weighted by Crippen LogP contribution is 2.40. The molecule has 2 saturated heterocycles. The van der Waals surface area contributed by atoms with Gasteiger partial charge in [-0.2, -0.15) is 0 Å². The first-order valence-corrected chi connectivity index (χ1v) is 15.0. The SMILES string of the molecule is C=Cc1ccc(CN2C(C(=O)OC)C[C@@H]3N(Cc4ccc(C=C)cc4)[C@@H](C(=O)OC)C[C@H]2N3Cc2ccc(C=C)cc2)cc1. The molecule has 3 aromatic rings. The maximum absolute atomic E-state index is 13.4. The maximum atomic E-state index is 13.4. The van der Waals surface area contributed by atoms with E-state index in [4.69, 9.17) is 9.47 Å². The molecule has 2 aliphatic rings. The van der Waals surface area contributed by atoms with Crippen molar-refractivity contribution >= 4 is 30.2 Å². The Kier molecular flexibility index (Phi) is 9.90. The normalized spacial score (nSPS) is 22.1. The number of esters is 2. The van der Waals surface area contributed by atoms with Crippen LogP contribution >= 0.6 is 0 Å². The second-order valence-corrected chi connectivity index (χ2v) is 11.4. The van der Waals surface area contributed by atoms with Gasteiger partial charge in [-0.05, 0) is 33.4 Å². The third-order valence-corrected chi connectivity index (χ3v) is 8.89. The second kappa shape index (κ2) is 14.0. The van der Waals surface area contributed by atoms with Crippen LogP contribution in [0.3, 0.4) is 0 Å².